The molecule has 0 atom stereocenters. The standard InChI is InChI=1S/C25H17ClF2N4O/c1-31(16-17-11-13-29-14-12-17)25(33)23-15-30-24(32(23)19-7-5-18(27)6-8-19)10-9-20-21(26)3-2-4-22(20)28/h2-8,11-15H,16H2,1H3. The molecule has 33 heavy (non-hydrogen) atoms. The fraction of sp³-hybridized carbons (Fsp3) is 0.0800. The fourth-order valence-electron chi connectivity index (χ4n) is 3.21. The minimum absolute atomic E-state index is 0.0236. The van der Waals surface area contributed by atoms with Gasteiger partial charge in [0.2, 0.25) is 0 Å². The normalized spacial score (nSPS) is 10.4. The lowest BCUT2D eigenvalue weighted by Crippen LogP contribution is -2.28. The van der Waals surface area contributed by atoms with E-state index >= 15 is 0 Å². The van der Waals surface area contributed by atoms with Gasteiger partial charge >= 0.3 is 0 Å². The van der Waals surface area contributed by atoms with Crippen LogP contribution in [0, 0.1) is 23.5 Å². The molecule has 0 fully saturated rings. The molecule has 164 valence electrons. The first kappa shape index (κ1) is 22.2. The summed E-state index contributed by atoms with van der Waals surface area (Å²) >= 11 is 6.07. The van der Waals surface area contributed by atoms with Crippen molar-refractivity contribution in [3.63, 3.8) is 0 Å². The molecule has 1 amide bonds. The van der Waals surface area contributed by atoms with Crippen LogP contribution in [0.2, 0.25) is 5.02 Å². The smallest absolute Gasteiger partial charge is 0.272 e. The van der Waals surface area contributed by atoms with Crippen LogP contribution in [0.1, 0.15) is 27.4 Å². The summed E-state index contributed by atoms with van der Waals surface area (Å²) < 4.78 is 29.2. The highest BCUT2D eigenvalue weighted by Crippen LogP contribution is 2.20. The van der Waals surface area contributed by atoms with E-state index in [1.807, 2.05) is 12.1 Å². The minimum atomic E-state index is -0.566. The van der Waals surface area contributed by atoms with Crippen LogP contribution < -0.4 is 0 Å². The molecule has 8 heteroatoms. The van der Waals surface area contributed by atoms with E-state index in [4.69, 9.17) is 11.6 Å². The van der Waals surface area contributed by atoms with Gasteiger partial charge in [-0.1, -0.05) is 23.6 Å². The number of aromatic nitrogens is 3. The Morgan fingerprint density at radius 3 is 2.48 bits per heavy atom. The van der Waals surface area contributed by atoms with Gasteiger partial charge in [-0.3, -0.25) is 14.3 Å². The maximum Gasteiger partial charge on any atom is 0.272 e. The number of benzene rings is 2. The largest absolute Gasteiger partial charge is 0.336 e. The van der Waals surface area contributed by atoms with Crippen LogP contribution in [0.25, 0.3) is 5.69 Å². The van der Waals surface area contributed by atoms with Gasteiger partial charge in [-0.25, -0.2) is 13.8 Å². The molecule has 2 heterocycles. The van der Waals surface area contributed by atoms with Crippen LogP contribution >= 0.6 is 11.6 Å². The Morgan fingerprint density at radius 1 is 1.06 bits per heavy atom. The van der Waals surface area contributed by atoms with E-state index in [-0.39, 0.29) is 28.0 Å². The SMILES string of the molecule is CN(Cc1ccncc1)C(=O)c1cnc(C#Cc2c(F)cccc2Cl)n1-c1ccc(F)cc1. The molecule has 0 radical (unpaired) electrons. The lowest BCUT2D eigenvalue weighted by atomic mass is 10.2. The lowest BCUT2D eigenvalue weighted by molar-refractivity contribution is 0.0777. The molecular weight excluding hydrogens is 446 g/mol. The number of nitrogens with zero attached hydrogens (tertiary/aromatic N) is 4. The van der Waals surface area contributed by atoms with E-state index in [0.717, 1.165) is 5.56 Å². The molecule has 0 spiro atoms. The van der Waals surface area contributed by atoms with Crippen LogP contribution in [-0.4, -0.2) is 32.4 Å². The highest BCUT2D eigenvalue weighted by atomic mass is 35.5. The van der Waals surface area contributed by atoms with E-state index < -0.39 is 11.6 Å². The molecule has 0 saturated carbocycles. The Labute approximate surface area is 194 Å². The summed E-state index contributed by atoms with van der Waals surface area (Å²) in [5, 5.41) is 0.163. The Hall–Kier alpha value is -4.02. The van der Waals surface area contributed by atoms with Crippen molar-refractivity contribution in [2.24, 2.45) is 0 Å². The van der Waals surface area contributed by atoms with Gasteiger partial charge in [0, 0.05) is 31.7 Å². The fourth-order valence-corrected chi connectivity index (χ4v) is 3.42. The zero-order valence-electron chi connectivity index (χ0n) is 17.5. The Morgan fingerprint density at radius 2 is 1.79 bits per heavy atom. The molecule has 2 aromatic carbocycles. The number of rotatable bonds is 4. The zero-order valence-corrected chi connectivity index (χ0v) is 18.2. The number of hydrogen-bond donors (Lipinski definition) is 0. The summed E-state index contributed by atoms with van der Waals surface area (Å²) in [4.78, 5) is 23.0. The highest BCUT2D eigenvalue weighted by Gasteiger charge is 2.21. The van der Waals surface area contributed by atoms with Crippen molar-refractivity contribution in [2.45, 2.75) is 6.54 Å². The number of carbonyl (C=O) groups excluding carboxylic acids is 1. The van der Waals surface area contributed by atoms with E-state index in [0.29, 0.717) is 12.2 Å². The molecule has 0 aliphatic carbocycles. The number of halogens is 3. The second kappa shape index (κ2) is 9.63. The lowest BCUT2D eigenvalue weighted by Gasteiger charge is -2.18. The molecule has 0 N–H and O–H groups in total. The molecule has 0 unspecified atom stereocenters. The summed E-state index contributed by atoms with van der Waals surface area (Å²) in [7, 11) is 1.66. The molecule has 2 aromatic heterocycles. The van der Waals surface area contributed by atoms with E-state index in [2.05, 4.69) is 21.8 Å². The van der Waals surface area contributed by atoms with Crippen LogP contribution in [0.15, 0.2) is 73.2 Å². The molecule has 0 aliphatic rings. The van der Waals surface area contributed by atoms with Gasteiger partial charge < -0.3 is 4.90 Å². The summed E-state index contributed by atoms with van der Waals surface area (Å²) in [6.45, 7) is 0.349. The van der Waals surface area contributed by atoms with E-state index in [1.54, 1.807) is 19.4 Å². The molecule has 4 rings (SSSR count). The van der Waals surface area contributed by atoms with Gasteiger partial charge in [-0.15, -0.1) is 0 Å². The number of hydrogen-bond acceptors (Lipinski definition) is 3. The van der Waals surface area contributed by atoms with Crippen molar-refractivity contribution in [3.05, 3.63) is 112 Å². The van der Waals surface area contributed by atoms with Gasteiger partial charge in [0.25, 0.3) is 5.91 Å². The first-order valence-corrected chi connectivity index (χ1v) is 10.3. The van der Waals surface area contributed by atoms with Gasteiger partial charge in [0.15, 0.2) is 5.82 Å². The highest BCUT2D eigenvalue weighted by molar-refractivity contribution is 6.31. The van der Waals surface area contributed by atoms with Crippen molar-refractivity contribution in [3.8, 4) is 17.5 Å². The average Bonchev–Trinajstić information content (AvgIpc) is 3.23. The monoisotopic (exact) mass is 462 g/mol. The average molecular weight is 463 g/mol. The molecule has 0 saturated heterocycles. The molecular formula is C25H17ClF2N4O. The predicted octanol–water partition coefficient (Wildman–Crippen LogP) is 4.87. The molecule has 0 aliphatic heterocycles. The van der Waals surface area contributed by atoms with Crippen molar-refractivity contribution in [1.29, 1.82) is 0 Å². The summed E-state index contributed by atoms with van der Waals surface area (Å²) in [5.74, 6) is 4.36. The maximum atomic E-state index is 14.1. The second-order valence-electron chi connectivity index (χ2n) is 7.14. The Balaban J connectivity index is 1.76. The number of imidazole rings is 1. The summed E-state index contributed by atoms with van der Waals surface area (Å²) in [5.41, 5.74) is 1.64. The molecule has 4 aromatic rings. The van der Waals surface area contributed by atoms with Crippen LogP contribution in [0.4, 0.5) is 8.78 Å². The zero-order chi connectivity index (χ0) is 23.4. The van der Waals surface area contributed by atoms with Gasteiger partial charge in [0.1, 0.15) is 17.3 Å². The first-order valence-electron chi connectivity index (χ1n) is 9.88. The van der Waals surface area contributed by atoms with Gasteiger partial charge in [0.05, 0.1) is 16.8 Å². The maximum absolute atomic E-state index is 14.1. The Bertz CT molecular complexity index is 1340. The topological polar surface area (TPSA) is 51.0 Å². The second-order valence-corrected chi connectivity index (χ2v) is 7.55. The quantitative estimate of drug-likeness (QED) is 0.406. The van der Waals surface area contributed by atoms with E-state index in [1.165, 1.54) is 58.1 Å². The van der Waals surface area contributed by atoms with Gasteiger partial charge in [-0.2, -0.15) is 0 Å². The van der Waals surface area contributed by atoms with Crippen LogP contribution in [0.5, 0.6) is 0 Å². The van der Waals surface area contributed by atoms with Crippen LogP contribution in [-0.2, 0) is 6.54 Å². The van der Waals surface area contributed by atoms with Crippen LogP contribution in [0.3, 0.4) is 0 Å². The van der Waals surface area contributed by atoms with Gasteiger partial charge in [-0.05, 0) is 60.0 Å². The first-order chi connectivity index (χ1) is 15.9. The van der Waals surface area contributed by atoms with Crippen molar-refractivity contribution in [2.75, 3.05) is 7.05 Å². The number of amides is 1. The number of carbonyl (C=O) groups is 1. The van der Waals surface area contributed by atoms with Crippen molar-refractivity contribution >= 4 is 17.5 Å². The summed E-state index contributed by atoms with van der Waals surface area (Å²) in [6.07, 6.45) is 4.69. The van der Waals surface area contributed by atoms with Crippen molar-refractivity contribution in [1.82, 2.24) is 19.4 Å². The third-order valence-electron chi connectivity index (χ3n) is 4.84. The van der Waals surface area contributed by atoms with Crippen molar-refractivity contribution < 1.29 is 13.6 Å². The minimum Gasteiger partial charge on any atom is -0.336 e. The third kappa shape index (κ3) is 4.92. The number of pyridine rings is 1. The van der Waals surface area contributed by atoms with E-state index in [9.17, 15) is 13.6 Å². The molecule has 5 nitrogen and oxygen atoms in total. The predicted molar refractivity (Wildman–Crippen MR) is 121 cm³/mol. The third-order valence-corrected chi connectivity index (χ3v) is 5.16. The Kier molecular flexibility index (Phi) is 6.48. The molecule has 0 bridgehead atoms. The summed E-state index contributed by atoms with van der Waals surface area (Å²) in [6, 6.07) is 13.5.